The molecule has 0 aliphatic carbocycles. The van der Waals surface area contributed by atoms with E-state index in [4.69, 9.17) is 4.98 Å². The summed E-state index contributed by atoms with van der Waals surface area (Å²) in [5.74, 6) is 1.35. The van der Waals surface area contributed by atoms with Gasteiger partial charge in [0.2, 0.25) is 5.91 Å². The van der Waals surface area contributed by atoms with Crippen LogP contribution in [0, 0.1) is 6.92 Å². The zero-order valence-electron chi connectivity index (χ0n) is 18.3. The highest BCUT2D eigenvalue weighted by Gasteiger charge is 2.24. The van der Waals surface area contributed by atoms with Crippen LogP contribution in [0.5, 0.6) is 0 Å². The van der Waals surface area contributed by atoms with Crippen molar-refractivity contribution in [2.45, 2.75) is 43.7 Å². The zero-order chi connectivity index (χ0) is 22.1. The zero-order valence-corrected chi connectivity index (χ0v) is 19.1. The maximum absolute atomic E-state index is 13.0. The summed E-state index contributed by atoms with van der Waals surface area (Å²) in [7, 11) is -1.02. The van der Waals surface area contributed by atoms with Gasteiger partial charge in [-0.15, -0.1) is 0 Å². The third kappa shape index (κ3) is 4.27. The van der Waals surface area contributed by atoms with Gasteiger partial charge in [0, 0.05) is 35.2 Å². The van der Waals surface area contributed by atoms with E-state index in [-0.39, 0.29) is 11.9 Å². The number of hydrogen-bond acceptors (Lipinski definition) is 5. The lowest BCUT2D eigenvalue weighted by Crippen LogP contribution is -2.43. The molecular weight excluding hydrogens is 420 g/mol. The molecule has 1 aromatic heterocycles. The van der Waals surface area contributed by atoms with E-state index in [2.05, 4.69) is 21.6 Å². The van der Waals surface area contributed by atoms with Gasteiger partial charge >= 0.3 is 0 Å². The summed E-state index contributed by atoms with van der Waals surface area (Å²) in [6.45, 7) is 4.21. The molecule has 2 unspecified atom stereocenters. The van der Waals surface area contributed by atoms with E-state index in [0.29, 0.717) is 18.8 Å². The van der Waals surface area contributed by atoms with E-state index in [1.54, 1.807) is 0 Å². The van der Waals surface area contributed by atoms with Gasteiger partial charge in [-0.3, -0.25) is 9.00 Å². The number of aryl methyl sites for hydroxylation is 1. The number of nitrogens with one attached hydrogen (secondary N) is 2. The summed E-state index contributed by atoms with van der Waals surface area (Å²) in [6, 6.07) is 15.8. The molecule has 166 valence electrons. The third-order valence-electron chi connectivity index (χ3n) is 6.29. The Labute approximate surface area is 190 Å². The Balaban J connectivity index is 1.52. The van der Waals surface area contributed by atoms with Gasteiger partial charge in [0.05, 0.1) is 28.0 Å². The highest BCUT2D eigenvalue weighted by Crippen LogP contribution is 2.31. The van der Waals surface area contributed by atoms with Crippen LogP contribution in [0.4, 0.5) is 11.5 Å². The van der Waals surface area contributed by atoms with Gasteiger partial charge in [0.15, 0.2) is 0 Å². The summed E-state index contributed by atoms with van der Waals surface area (Å²) in [5.41, 5.74) is 3.81. The summed E-state index contributed by atoms with van der Waals surface area (Å²) in [4.78, 5) is 21.0. The number of rotatable bonds is 3. The fraction of sp³-hybridized carbons (Fsp3) is 0.360. The molecular formula is C25H28N4O2S. The molecule has 3 aromatic rings. The highest BCUT2D eigenvalue weighted by molar-refractivity contribution is 7.85. The fourth-order valence-electron chi connectivity index (χ4n) is 4.53. The molecule has 2 N–H and O–H groups in total. The number of anilines is 2. The predicted molar refractivity (Wildman–Crippen MR) is 130 cm³/mol. The third-order valence-corrected chi connectivity index (χ3v) is 7.73. The molecule has 2 aromatic carbocycles. The van der Waals surface area contributed by atoms with E-state index in [1.807, 2.05) is 49.4 Å². The number of piperidine rings is 1. The van der Waals surface area contributed by atoms with Crippen molar-refractivity contribution < 1.29 is 9.00 Å². The lowest BCUT2D eigenvalue weighted by atomic mass is 10.0. The lowest BCUT2D eigenvalue weighted by molar-refractivity contribution is -0.118. The van der Waals surface area contributed by atoms with Gasteiger partial charge in [-0.2, -0.15) is 0 Å². The van der Waals surface area contributed by atoms with Crippen LogP contribution in [0.15, 0.2) is 53.4 Å². The van der Waals surface area contributed by atoms with Crippen LogP contribution in [0.25, 0.3) is 10.9 Å². The van der Waals surface area contributed by atoms with Crippen LogP contribution in [0.2, 0.25) is 0 Å². The Hall–Kier alpha value is -2.77. The number of benzene rings is 2. The van der Waals surface area contributed by atoms with E-state index in [0.717, 1.165) is 64.2 Å². The largest absolute Gasteiger partial charge is 0.351 e. The molecule has 2 atom stereocenters. The molecule has 0 saturated carbocycles. The van der Waals surface area contributed by atoms with Crippen molar-refractivity contribution in [3.63, 3.8) is 0 Å². The lowest BCUT2D eigenvalue weighted by Gasteiger charge is -2.25. The van der Waals surface area contributed by atoms with Crippen molar-refractivity contribution >= 4 is 39.1 Å². The average Bonchev–Trinajstić information content (AvgIpc) is 2.99. The number of amides is 1. The topological polar surface area (TPSA) is 74.3 Å². The summed E-state index contributed by atoms with van der Waals surface area (Å²) < 4.78 is 12.7. The van der Waals surface area contributed by atoms with Gasteiger partial charge in [-0.05, 0) is 50.1 Å². The van der Waals surface area contributed by atoms with Crippen molar-refractivity contribution in [3.8, 4) is 0 Å². The Morgan fingerprint density at radius 3 is 2.91 bits per heavy atom. The maximum Gasteiger partial charge on any atom is 0.241 e. The fourth-order valence-corrected chi connectivity index (χ4v) is 5.79. The molecule has 3 heterocycles. The molecule has 0 radical (unpaired) electrons. The molecule has 1 fully saturated rings. The van der Waals surface area contributed by atoms with Gasteiger partial charge in [0.25, 0.3) is 0 Å². The van der Waals surface area contributed by atoms with E-state index in [1.165, 1.54) is 0 Å². The second-order valence-electron chi connectivity index (χ2n) is 8.62. The summed E-state index contributed by atoms with van der Waals surface area (Å²) in [6.07, 6.45) is 3.04. The van der Waals surface area contributed by atoms with Crippen LogP contribution >= 0.6 is 0 Å². The number of pyridine rings is 1. The summed E-state index contributed by atoms with van der Waals surface area (Å²) >= 11 is 0. The Morgan fingerprint density at radius 1 is 1.19 bits per heavy atom. The van der Waals surface area contributed by atoms with Crippen molar-refractivity contribution in [2.75, 3.05) is 29.1 Å². The normalized spacial score (nSPS) is 21.1. The Bertz CT molecular complexity index is 1190. The minimum Gasteiger partial charge on any atom is -0.351 e. The molecule has 6 nitrogen and oxygen atoms in total. The summed E-state index contributed by atoms with van der Waals surface area (Å²) in [5, 5.41) is 7.45. The SMILES string of the molecule is Cc1ccc2nc(N3CCS(=O)c4ccccc4C3)cc(NC(=O)C3CCCCN3)c2c1. The van der Waals surface area contributed by atoms with Crippen molar-refractivity contribution in [2.24, 2.45) is 0 Å². The maximum atomic E-state index is 13.0. The first-order chi connectivity index (χ1) is 15.6. The minimum atomic E-state index is -1.02. The highest BCUT2D eigenvalue weighted by atomic mass is 32.2. The van der Waals surface area contributed by atoms with Gasteiger partial charge in [-0.1, -0.05) is 36.2 Å². The number of nitrogens with zero attached hydrogens (tertiary/aromatic N) is 2. The molecule has 0 spiro atoms. The van der Waals surface area contributed by atoms with Crippen LogP contribution in [0.1, 0.15) is 30.4 Å². The van der Waals surface area contributed by atoms with Crippen LogP contribution in [0.3, 0.4) is 0 Å². The molecule has 5 rings (SSSR count). The van der Waals surface area contributed by atoms with E-state index >= 15 is 0 Å². The monoisotopic (exact) mass is 448 g/mol. The number of hydrogen-bond donors (Lipinski definition) is 2. The van der Waals surface area contributed by atoms with Crippen LogP contribution in [-0.2, 0) is 22.1 Å². The molecule has 0 bridgehead atoms. The Kier molecular flexibility index (Phi) is 5.93. The standard InChI is InChI=1S/C25H28N4O2S/c1-17-9-10-20-19(14-17)22(28-25(30)21-7-4-5-11-26-21)15-24(27-20)29-12-13-32(31)23-8-3-2-6-18(23)16-29/h2-3,6,8-10,14-15,21,26H,4-5,7,11-13,16H2,1H3,(H,27,28,30). The van der Waals surface area contributed by atoms with Gasteiger partial charge in [-0.25, -0.2) is 4.98 Å². The Morgan fingerprint density at radius 2 is 2.06 bits per heavy atom. The number of carbonyl (C=O) groups is 1. The van der Waals surface area contributed by atoms with Gasteiger partial charge < -0.3 is 15.5 Å². The van der Waals surface area contributed by atoms with Gasteiger partial charge in [0.1, 0.15) is 5.82 Å². The van der Waals surface area contributed by atoms with E-state index in [9.17, 15) is 9.00 Å². The molecule has 1 saturated heterocycles. The molecule has 32 heavy (non-hydrogen) atoms. The average molecular weight is 449 g/mol. The second kappa shape index (κ2) is 9.00. The molecule has 2 aliphatic rings. The van der Waals surface area contributed by atoms with Crippen molar-refractivity contribution in [1.29, 1.82) is 0 Å². The first-order valence-corrected chi connectivity index (χ1v) is 12.6. The quantitative estimate of drug-likeness (QED) is 0.638. The predicted octanol–water partition coefficient (Wildman–Crippen LogP) is 3.75. The number of aromatic nitrogens is 1. The number of carbonyl (C=O) groups excluding carboxylic acids is 1. The molecule has 1 amide bonds. The van der Waals surface area contributed by atoms with Crippen molar-refractivity contribution in [1.82, 2.24) is 10.3 Å². The molecule has 7 heteroatoms. The minimum absolute atomic E-state index is 0.00646. The number of fused-ring (bicyclic) bond motifs is 2. The van der Waals surface area contributed by atoms with Crippen molar-refractivity contribution in [3.05, 3.63) is 59.7 Å². The van der Waals surface area contributed by atoms with Crippen LogP contribution < -0.4 is 15.5 Å². The first-order valence-electron chi connectivity index (χ1n) is 11.3. The smallest absolute Gasteiger partial charge is 0.241 e. The first kappa shape index (κ1) is 21.1. The van der Waals surface area contributed by atoms with E-state index < -0.39 is 10.8 Å². The molecule has 2 aliphatic heterocycles. The second-order valence-corrected chi connectivity index (χ2v) is 10.2. The van der Waals surface area contributed by atoms with Crippen LogP contribution in [-0.4, -0.2) is 40.0 Å².